The molecular formula is C17H17Cl2N3OS. The number of rotatable bonds is 6. The topological polar surface area (TPSA) is 58.4 Å². The Balaban J connectivity index is 2.12. The summed E-state index contributed by atoms with van der Waals surface area (Å²) in [5, 5.41) is 4.58. The highest BCUT2D eigenvalue weighted by Crippen LogP contribution is 2.25. The van der Waals surface area contributed by atoms with Crippen LogP contribution in [0.5, 0.6) is 0 Å². The van der Waals surface area contributed by atoms with Gasteiger partial charge < -0.3 is 16.0 Å². The zero-order chi connectivity index (χ0) is 17.5. The van der Waals surface area contributed by atoms with Crippen molar-refractivity contribution >= 4 is 52.1 Å². The Bertz CT molecular complexity index is 725. The number of anilines is 1. The van der Waals surface area contributed by atoms with E-state index >= 15 is 0 Å². The van der Waals surface area contributed by atoms with E-state index in [1.165, 1.54) is 0 Å². The van der Waals surface area contributed by atoms with Crippen molar-refractivity contribution in [2.24, 2.45) is 5.73 Å². The van der Waals surface area contributed by atoms with Gasteiger partial charge in [-0.15, -0.1) is 0 Å². The Labute approximate surface area is 156 Å². The molecule has 0 heterocycles. The monoisotopic (exact) mass is 381 g/mol. The van der Waals surface area contributed by atoms with E-state index in [0.29, 0.717) is 33.9 Å². The van der Waals surface area contributed by atoms with Gasteiger partial charge in [-0.1, -0.05) is 53.5 Å². The number of nitrogens with one attached hydrogen (secondary N) is 1. The number of halogens is 2. The molecule has 7 heteroatoms. The molecule has 0 spiro atoms. The molecule has 2 aromatic rings. The van der Waals surface area contributed by atoms with E-state index in [4.69, 9.17) is 41.2 Å². The minimum Gasteiger partial charge on any atom is -0.370 e. The Kier molecular flexibility index (Phi) is 6.85. The number of nitrogens with zero attached hydrogens (tertiary/aromatic N) is 1. The fourth-order valence-corrected chi connectivity index (χ4v) is 2.81. The molecule has 1 amide bonds. The Morgan fingerprint density at radius 1 is 1.17 bits per heavy atom. The fourth-order valence-electron chi connectivity index (χ4n) is 2.09. The summed E-state index contributed by atoms with van der Waals surface area (Å²) in [5.41, 5.74) is 7.00. The van der Waals surface area contributed by atoms with Crippen LogP contribution in [0.1, 0.15) is 12.0 Å². The van der Waals surface area contributed by atoms with Gasteiger partial charge in [-0.05, 0) is 36.0 Å². The number of benzene rings is 2. The van der Waals surface area contributed by atoms with Crippen LogP contribution in [0.2, 0.25) is 10.0 Å². The first kappa shape index (κ1) is 18.5. The molecular weight excluding hydrogens is 365 g/mol. The quantitative estimate of drug-likeness (QED) is 0.740. The highest BCUT2D eigenvalue weighted by Gasteiger charge is 2.13. The fraction of sp³-hybridized carbons (Fsp3) is 0.176. The van der Waals surface area contributed by atoms with Gasteiger partial charge in [-0.2, -0.15) is 0 Å². The molecule has 0 bridgehead atoms. The van der Waals surface area contributed by atoms with E-state index < -0.39 is 0 Å². The lowest BCUT2D eigenvalue weighted by Crippen LogP contribution is -2.36. The van der Waals surface area contributed by atoms with Gasteiger partial charge in [-0.25, -0.2) is 0 Å². The summed E-state index contributed by atoms with van der Waals surface area (Å²) in [6.07, 6.45) is 0.211. The zero-order valence-corrected chi connectivity index (χ0v) is 15.2. The summed E-state index contributed by atoms with van der Waals surface area (Å²) in [7, 11) is 0. The SMILES string of the molecule is NC(=O)CCN(Cc1ccccc1)C(=S)Nc1ccc(Cl)cc1Cl. The number of hydrogen-bond donors (Lipinski definition) is 2. The number of nitrogens with two attached hydrogens (primary N) is 1. The summed E-state index contributed by atoms with van der Waals surface area (Å²) >= 11 is 17.5. The predicted molar refractivity (Wildman–Crippen MR) is 103 cm³/mol. The van der Waals surface area contributed by atoms with E-state index in [1.54, 1.807) is 18.2 Å². The van der Waals surface area contributed by atoms with Crippen molar-refractivity contribution < 1.29 is 4.79 Å². The van der Waals surface area contributed by atoms with Crippen LogP contribution in [0.25, 0.3) is 0 Å². The molecule has 3 N–H and O–H groups in total. The molecule has 0 atom stereocenters. The molecule has 0 aliphatic rings. The average molecular weight is 382 g/mol. The molecule has 2 rings (SSSR count). The van der Waals surface area contributed by atoms with Crippen LogP contribution in [0.4, 0.5) is 5.69 Å². The van der Waals surface area contributed by atoms with Crippen molar-refractivity contribution in [3.05, 3.63) is 64.1 Å². The summed E-state index contributed by atoms with van der Waals surface area (Å²) < 4.78 is 0. The third-order valence-electron chi connectivity index (χ3n) is 3.30. The van der Waals surface area contributed by atoms with Crippen molar-refractivity contribution in [2.75, 3.05) is 11.9 Å². The van der Waals surface area contributed by atoms with Gasteiger partial charge >= 0.3 is 0 Å². The largest absolute Gasteiger partial charge is 0.370 e. The van der Waals surface area contributed by atoms with Crippen LogP contribution in [-0.2, 0) is 11.3 Å². The lowest BCUT2D eigenvalue weighted by atomic mass is 10.2. The maximum absolute atomic E-state index is 11.1. The summed E-state index contributed by atoms with van der Waals surface area (Å²) in [5.74, 6) is -0.375. The molecule has 24 heavy (non-hydrogen) atoms. The van der Waals surface area contributed by atoms with Crippen LogP contribution in [0.15, 0.2) is 48.5 Å². The smallest absolute Gasteiger partial charge is 0.219 e. The minimum atomic E-state index is -0.375. The third-order valence-corrected chi connectivity index (χ3v) is 4.21. The number of hydrogen-bond acceptors (Lipinski definition) is 2. The van der Waals surface area contributed by atoms with E-state index in [-0.39, 0.29) is 12.3 Å². The maximum Gasteiger partial charge on any atom is 0.219 e. The van der Waals surface area contributed by atoms with Gasteiger partial charge in [0.15, 0.2) is 5.11 Å². The minimum absolute atomic E-state index is 0.211. The standard InChI is InChI=1S/C17H17Cl2N3OS/c18-13-6-7-15(14(19)10-13)21-17(24)22(9-8-16(20)23)11-12-4-2-1-3-5-12/h1-7,10H,8-9,11H2,(H2,20,23)(H,21,24). The van der Waals surface area contributed by atoms with Gasteiger partial charge in [-0.3, -0.25) is 4.79 Å². The second-order valence-electron chi connectivity index (χ2n) is 5.18. The molecule has 0 aliphatic heterocycles. The first-order chi connectivity index (χ1) is 11.5. The van der Waals surface area contributed by atoms with Gasteiger partial charge in [0.1, 0.15) is 0 Å². The number of carbonyl (C=O) groups excluding carboxylic acids is 1. The molecule has 126 valence electrons. The normalized spacial score (nSPS) is 10.2. The molecule has 0 saturated carbocycles. The molecule has 0 aromatic heterocycles. The third kappa shape index (κ3) is 5.67. The molecule has 0 fully saturated rings. The van der Waals surface area contributed by atoms with E-state index in [2.05, 4.69) is 5.32 Å². The molecule has 0 radical (unpaired) electrons. The number of thiocarbonyl (C=S) groups is 1. The van der Waals surface area contributed by atoms with Crippen molar-refractivity contribution in [3.8, 4) is 0 Å². The lowest BCUT2D eigenvalue weighted by Gasteiger charge is -2.26. The second-order valence-corrected chi connectivity index (χ2v) is 6.41. The molecule has 4 nitrogen and oxygen atoms in total. The molecule has 0 saturated heterocycles. The zero-order valence-electron chi connectivity index (χ0n) is 12.8. The van der Waals surface area contributed by atoms with Crippen LogP contribution in [-0.4, -0.2) is 22.5 Å². The first-order valence-corrected chi connectivity index (χ1v) is 8.45. The number of primary amides is 1. The lowest BCUT2D eigenvalue weighted by molar-refractivity contribution is -0.118. The number of amides is 1. The molecule has 0 unspecified atom stereocenters. The number of carbonyl (C=O) groups is 1. The summed E-state index contributed by atoms with van der Waals surface area (Å²) in [6, 6.07) is 15.0. The van der Waals surface area contributed by atoms with Crippen LogP contribution >= 0.6 is 35.4 Å². The van der Waals surface area contributed by atoms with Crippen molar-refractivity contribution in [1.82, 2.24) is 4.90 Å². The van der Waals surface area contributed by atoms with Crippen molar-refractivity contribution in [2.45, 2.75) is 13.0 Å². The predicted octanol–water partition coefficient (Wildman–Crippen LogP) is 4.07. The van der Waals surface area contributed by atoms with Gasteiger partial charge in [0.05, 0.1) is 10.7 Å². The highest BCUT2D eigenvalue weighted by molar-refractivity contribution is 7.80. The van der Waals surface area contributed by atoms with Crippen molar-refractivity contribution in [3.63, 3.8) is 0 Å². The first-order valence-electron chi connectivity index (χ1n) is 7.29. The Morgan fingerprint density at radius 3 is 2.50 bits per heavy atom. The summed E-state index contributed by atoms with van der Waals surface area (Å²) in [4.78, 5) is 13.0. The van der Waals surface area contributed by atoms with Crippen LogP contribution in [0.3, 0.4) is 0 Å². The maximum atomic E-state index is 11.1. The van der Waals surface area contributed by atoms with E-state index in [1.807, 2.05) is 35.2 Å². The van der Waals surface area contributed by atoms with Crippen molar-refractivity contribution in [1.29, 1.82) is 0 Å². The van der Waals surface area contributed by atoms with Crippen LogP contribution < -0.4 is 11.1 Å². The Hall–Kier alpha value is -1.82. The second kappa shape index (κ2) is 8.87. The molecule has 2 aromatic carbocycles. The van der Waals surface area contributed by atoms with E-state index in [0.717, 1.165) is 5.56 Å². The van der Waals surface area contributed by atoms with E-state index in [9.17, 15) is 4.79 Å². The highest BCUT2D eigenvalue weighted by atomic mass is 35.5. The Morgan fingerprint density at radius 2 is 1.88 bits per heavy atom. The molecule has 0 aliphatic carbocycles. The van der Waals surface area contributed by atoms with Crippen LogP contribution in [0, 0.1) is 0 Å². The summed E-state index contributed by atoms with van der Waals surface area (Å²) in [6.45, 7) is 0.979. The van der Waals surface area contributed by atoms with Gasteiger partial charge in [0, 0.05) is 24.5 Å². The van der Waals surface area contributed by atoms with Gasteiger partial charge in [0.25, 0.3) is 0 Å². The van der Waals surface area contributed by atoms with Gasteiger partial charge in [0.2, 0.25) is 5.91 Å². The average Bonchev–Trinajstić information content (AvgIpc) is 2.54.